The standard InChI is InChI=1S/C24H22Cl2FN5OS/c1-12-32(20-16(25)5-4-6-17(20)26)22(33)14-11-28-23(31-21(14)34-12)30-19-9-13-7-8-29-24(2,3)15(13)10-18(19)27/h4-6,9-12,29H,7-8H2,1-3H3,(H,28,30,31). The Morgan fingerprint density at radius 2 is 2.00 bits per heavy atom. The van der Waals surface area contributed by atoms with Gasteiger partial charge in [-0.3, -0.25) is 9.69 Å². The van der Waals surface area contributed by atoms with Crippen LogP contribution in [0.2, 0.25) is 10.0 Å². The van der Waals surface area contributed by atoms with Gasteiger partial charge in [-0.2, -0.15) is 0 Å². The highest BCUT2D eigenvalue weighted by atomic mass is 35.5. The molecule has 34 heavy (non-hydrogen) atoms. The molecular formula is C24H22Cl2FN5OS. The smallest absolute Gasteiger partial charge is 0.263 e. The van der Waals surface area contributed by atoms with E-state index >= 15 is 0 Å². The van der Waals surface area contributed by atoms with Crippen molar-refractivity contribution in [1.29, 1.82) is 0 Å². The summed E-state index contributed by atoms with van der Waals surface area (Å²) in [7, 11) is 0. The lowest BCUT2D eigenvalue weighted by molar-refractivity contribution is 0.0979. The number of nitrogens with zero attached hydrogens (tertiary/aromatic N) is 3. The van der Waals surface area contributed by atoms with Crippen LogP contribution in [0.25, 0.3) is 0 Å². The molecule has 6 nitrogen and oxygen atoms in total. The van der Waals surface area contributed by atoms with Gasteiger partial charge in [-0.25, -0.2) is 14.4 Å². The number of rotatable bonds is 3. The van der Waals surface area contributed by atoms with E-state index in [1.54, 1.807) is 29.2 Å². The third-order valence-electron chi connectivity index (χ3n) is 6.10. The van der Waals surface area contributed by atoms with E-state index in [0.717, 1.165) is 24.1 Å². The summed E-state index contributed by atoms with van der Waals surface area (Å²) in [6.07, 6.45) is 2.26. The minimum absolute atomic E-state index is 0.225. The number of anilines is 3. The Hall–Kier alpha value is -2.39. The predicted octanol–water partition coefficient (Wildman–Crippen LogP) is 6.15. The summed E-state index contributed by atoms with van der Waals surface area (Å²) in [6.45, 7) is 6.78. The van der Waals surface area contributed by atoms with Crippen LogP contribution in [0.5, 0.6) is 0 Å². The molecule has 0 fully saturated rings. The van der Waals surface area contributed by atoms with Crippen molar-refractivity contribution >= 4 is 58.2 Å². The van der Waals surface area contributed by atoms with E-state index in [9.17, 15) is 9.18 Å². The van der Waals surface area contributed by atoms with E-state index in [0.29, 0.717) is 32.0 Å². The number of carbonyl (C=O) groups is 1. The van der Waals surface area contributed by atoms with Crippen LogP contribution in [-0.2, 0) is 12.0 Å². The molecule has 1 aromatic heterocycles. The van der Waals surface area contributed by atoms with Gasteiger partial charge in [0.05, 0.1) is 32.4 Å². The highest BCUT2D eigenvalue weighted by Crippen LogP contribution is 2.43. The first-order chi connectivity index (χ1) is 16.2. The highest BCUT2D eigenvalue weighted by Gasteiger charge is 2.35. The topological polar surface area (TPSA) is 70.1 Å². The average Bonchev–Trinajstić information content (AvgIpc) is 2.76. The molecule has 0 radical (unpaired) electrons. The minimum Gasteiger partial charge on any atom is -0.322 e. The van der Waals surface area contributed by atoms with Crippen LogP contribution >= 0.6 is 35.0 Å². The number of fused-ring (bicyclic) bond motifs is 2. The zero-order valence-corrected chi connectivity index (χ0v) is 21.1. The molecule has 10 heteroatoms. The molecule has 1 amide bonds. The second-order valence-corrected chi connectivity index (χ2v) is 10.9. The van der Waals surface area contributed by atoms with Crippen LogP contribution in [0.15, 0.2) is 41.6 Å². The van der Waals surface area contributed by atoms with Crippen molar-refractivity contribution in [3.8, 4) is 0 Å². The first-order valence-electron chi connectivity index (χ1n) is 10.8. The van der Waals surface area contributed by atoms with Crippen molar-refractivity contribution in [3.63, 3.8) is 0 Å². The monoisotopic (exact) mass is 517 g/mol. The first kappa shape index (κ1) is 23.4. The van der Waals surface area contributed by atoms with Gasteiger partial charge in [-0.05, 0) is 69.1 Å². The maximum absolute atomic E-state index is 14.9. The molecule has 3 heterocycles. The van der Waals surface area contributed by atoms with E-state index in [-0.39, 0.29) is 28.6 Å². The van der Waals surface area contributed by atoms with Gasteiger partial charge in [0.2, 0.25) is 5.95 Å². The summed E-state index contributed by atoms with van der Waals surface area (Å²) in [5, 5.41) is 7.38. The van der Waals surface area contributed by atoms with Gasteiger partial charge < -0.3 is 10.6 Å². The fourth-order valence-electron chi connectivity index (χ4n) is 4.40. The molecule has 5 rings (SSSR count). The molecule has 0 saturated heterocycles. The summed E-state index contributed by atoms with van der Waals surface area (Å²) in [6, 6.07) is 8.49. The first-order valence-corrected chi connectivity index (χ1v) is 12.5. The van der Waals surface area contributed by atoms with Gasteiger partial charge in [0, 0.05) is 11.7 Å². The fourth-order valence-corrected chi connectivity index (χ4v) is 6.02. The van der Waals surface area contributed by atoms with Crippen LogP contribution in [-0.4, -0.2) is 27.8 Å². The van der Waals surface area contributed by atoms with Gasteiger partial charge in [-0.1, -0.05) is 41.0 Å². The zero-order chi connectivity index (χ0) is 24.2. The molecule has 1 atom stereocenters. The molecule has 2 aromatic carbocycles. The average molecular weight is 518 g/mol. The number of carbonyl (C=O) groups excluding carboxylic acids is 1. The SMILES string of the molecule is CC1Sc2nc(Nc3cc4c(cc3F)C(C)(C)NCC4)ncc2C(=O)N1c1c(Cl)cccc1Cl. The van der Waals surface area contributed by atoms with E-state index in [2.05, 4.69) is 20.6 Å². The van der Waals surface area contributed by atoms with Crippen molar-refractivity contribution in [2.45, 2.75) is 43.1 Å². The summed E-state index contributed by atoms with van der Waals surface area (Å²) in [4.78, 5) is 23.7. The number of thioether (sulfide) groups is 1. The number of para-hydroxylation sites is 1. The number of hydrogen-bond acceptors (Lipinski definition) is 6. The fraction of sp³-hybridized carbons (Fsp3) is 0.292. The number of aromatic nitrogens is 2. The van der Waals surface area contributed by atoms with Gasteiger partial charge in [0.1, 0.15) is 10.8 Å². The quantitative estimate of drug-likeness (QED) is 0.406. The van der Waals surface area contributed by atoms with Crippen LogP contribution in [0.4, 0.5) is 21.7 Å². The molecule has 176 valence electrons. The molecule has 2 aliphatic rings. The molecule has 1 unspecified atom stereocenters. The molecule has 2 N–H and O–H groups in total. The second kappa shape index (κ2) is 8.68. The maximum Gasteiger partial charge on any atom is 0.263 e. The van der Waals surface area contributed by atoms with E-state index in [4.69, 9.17) is 23.2 Å². The Bertz CT molecular complexity index is 1300. The Labute approximate surface area is 211 Å². The number of hydrogen-bond donors (Lipinski definition) is 2. The predicted molar refractivity (Wildman–Crippen MR) is 135 cm³/mol. The number of nitrogens with one attached hydrogen (secondary N) is 2. The summed E-state index contributed by atoms with van der Waals surface area (Å²) >= 11 is 14.1. The molecule has 3 aromatic rings. The molecular weight excluding hydrogens is 496 g/mol. The number of amides is 1. The van der Waals surface area contributed by atoms with Crippen LogP contribution < -0.4 is 15.5 Å². The second-order valence-electron chi connectivity index (χ2n) is 8.79. The summed E-state index contributed by atoms with van der Waals surface area (Å²) in [5.41, 5.74) is 2.83. The van der Waals surface area contributed by atoms with Gasteiger partial charge in [0.25, 0.3) is 5.91 Å². The Morgan fingerprint density at radius 3 is 2.74 bits per heavy atom. The lowest BCUT2D eigenvalue weighted by atomic mass is 9.85. The maximum atomic E-state index is 14.9. The third-order valence-corrected chi connectivity index (χ3v) is 7.80. The van der Waals surface area contributed by atoms with Crippen molar-refractivity contribution < 1.29 is 9.18 Å². The Balaban J connectivity index is 1.45. The third kappa shape index (κ3) is 4.02. The van der Waals surface area contributed by atoms with Crippen molar-refractivity contribution in [2.75, 3.05) is 16.8 Å². The summed E-state index contributed by atoms with van der Waals surface area (Å²) in [5.74, 6) is -0.450. The number of benzene rings is 2. The zero-order valence-electron chi connectivity index (χ0n) is 18.7. The van der Waals surface area contributed by atoms with Crippen LogP contribution in [0, 0.1) is 5.82 Å². The van der Waals surface area contributed by atoms with E-state index in [1.165, 1.54) is 18.0 Å². The highest BCUT2D eigenvalue weighted by molar-refractivity contribution is 8.00. The van der Waals surface area contributed by atoms with Crippen molar-refractivity contribution in [2.24, 2.45) is 0 Å². The van der Waals surface area contributed by atoms with Gasteiger partial charge in [0.15, 0.2) is 0 Å². The lowest BCUT2D eigenvalue weighted by Crippen LogP contribution is -2.42. The van der Waals surface area contributed by atoms with Crippen molar-refractivity contribution in [1.82, 2.24) is 15.3 Å². The van der Waals surface area contributed by atoms with Gasteiger partial charge in [-0.15, -0.1) is 0 Å². The molecule has 0 aliphatic carbocycles. The van der Waals surface area contributed by atoms with E-state index in [1.807, 2.05) is 26.8 Å². The minimum atomic E-state index is -0.381. The normalized spacial score (nSPS) is 18.9. The number of halogens is 3. The largest absolute Gasteiger partial charge is 0.322 e. The Morgan fingerprint density at radius 1 is 1.26 bits per heavy atom. The van der Waals surface area contributed by atoms with Gasteiger partial charge >= 0.3 is 0 Å². The molecule has 0 bridgehead atoms. The molecule has 2 aliphatic heterocycles. The molecule has 0 saturated carbocycles. The molecule has 0 spiro atoms. The lowest BCUT2D eigenvalue weighted by Gasteiger charge is -2.34. The Kier molecular flexibility index (Phi) is 5.96. The van der Waals surface area contributed by atoms with Crippen LogP contribution in [0.3, 0.4) is 0 Å². The van der Waals surface area contributed by atoms with E-state index < -0.39 is 0 Å². The van der Waals surface area contributed by atoms with Crippen molar-refractivity contribution in [3.05, 3.63) is 69.1 Å². The van der Waals surface area contributed by atoms with Crippen LogP contribution in [0.1, 0.15) is 42.3 Å². The summed E-state index contributed by atoms with van der Waals surface area (Å²) < 4.78 is 14.9.